The zero-order valence-corrected chi connectivity index (χ0v) is 15.8. The lowest BCUT2D eigenvalue weighted by Gasteiger charge is -2.44. The molecule has 0 bridgehead atoms. The lowest BCUT2D eigenvalue weighted by atomic mass is 9.77. The van der Waals surface area contributed by atoms with E-state index in [9.17, 15) is 9.59 Å². The Morgan fingerprint density at radius 1 is 1.15 bits per heavy atom. The van der Waals surface area contributed by atoms with Gasteiger partial charge in [-0.25, -0.2) is 4.79 Å². The van der Waals surface area contributed by atoms with Crippen molar-refractivity contribution in [2.45, 2.75) is 44.8 Å². The van der Waals surface area contributed by atoms with Gasteiger partial charge in [-0.15, -0.1) is 0 Å². The summed E-state index contributed by atoms with van der Waals surface area (Å²) in [7, 11) is 0. The number of benzene rings is 1. The third-order valence-corrected chi connectivity index (χ3v) is 6.22. The second-order valence-corrected chi connectivity index (χ2v) is 7.94. The molecule has 0 aliphatic carbocycles. The summed E-state index contributed by atoms with van der Waals surface area (Å²) in [6.45, 7) is 3.66. The van der Waals surface area contributed by atoms with Crippen LogP contribution in [0.5, 0.6) is 0 Å². The molecule has 0 saturated carbocycles. The Morgan fingerprint density at radius 3 is 2.70 bits per heavy atom. The lowest BCUT2D eigenvalue weighted by Crippen LogP contribution is -2.55. The molecule has 2 amide bonds. The maximum absolute atomic E-state index is 13.3. The first-order valence-corrected chi connectivity index (χ1v) is 10.0. The number of nitrogens with zero attached hydrogens (tertiary/aromatic N) is 2. The number of hydrogen-bond donors (Lipinski definition) is 0. The number of rotatable bonds is 3. The number of likely N-dealkylation sites (tertiary alicyclic amines) is 2. The van der Waals surface area contributed by atoms with Crippen LogP contribution in [0.15, 0.2) is 30.3 Å². The second-order valence-electron chi connectivity index (χ2n) is 7.94. The summed E-state index contributed by atoms with van der Waals surface area (Å²) in [5.41, 5.74) is 0.557. The van der Waals surface area contributed by atoms with Gasteiger partial charge >= 0.3 is 6.09 Å². The van der Waals surface area contributed by atoms with Gasteiger partial charge in [-0.3, -0.25) is 4.79 Å². The molecule has 3 heterocycles. The van der Waals surface area contributed by atoms with E-state index in [0.29, 0.717) is 19.1 Å². The number of piperidine rings is 1. The lowest BCUT2D eigenvalue weighted by molar-refractivity contribution is -0.150. The molecule has 0 radical (unpaired) electrons. The molecule has 1 aromatic rings. The van der Waals surface area contributed by atoms with Gasteiger partial charge in [0.2, 0.25) is 5.91 Å². The first kappa shape index (κ1) is 18.3. The Labute approximate surface area is 160 Å². The highest BCUT2D eigenvalue weighted by Gasteiger charge is 2.50. The minimum Gasteiger partial charge on any atom is -0.445 e. The van der Waals surface area contributed by atoms with E-state index in [1.54, 1.807) is 4.90 Å². The molecular formula is C21H28N2O4. The van der Waals surface area contributed by atoms with Gasteiger partial charge in [0.25, 0.3) is 0 Å². The Morgan fingerprint density at radius 2 is 1.93 bits per heavy atom. The molecule has 0 N–H and O–H groups in total. The van der Waals surface area contributed by atoms with Gasteiger partial charge in [-0.05, 0) is 37.7 Å². The molecule has 4 rings (SSSR count). The van der Waals surface area contributed by atoms with E-state index in [1.165, 1.54) is 0 Å². The summed E-state index contributed by atoms with van der Waals surface area (Å²) in [5.74, 6) is 0.235. The van der Waals surface area contributed by atoms with Crippen molar-refractivity contribution in [2.24, 2.45) is 5.41 Å². The molecule has 1 aromatic carbocycles. The van der Waals surface area contributed by atoms with Crippen molar-refractivity contribution in [3.05, 3.63) is 35.9 Å². The zero-order chi connectivity index (χ0) is 18.7. The SMILES string of the molecule is O=C(OCc1ccccc1)N1CC[C@]2(CCCN(C3CCOCC3)C2=O)C1. The Kier molecular flexibility index (Phi) is 5.34. The Balaban J connectivity index is 1.36. The van der Waals surface area contributed by atoms with Crippen molar-refractivity contribution < 1.29 is 19.1 Å². The average molecular weight is 372 g/mol. The van der Waals surface area contributed by atoms with Crippen LogP contribution >= 0.6 is 0 Å². The smallest absolute Gasteiger partial charge is 0.410 e. The average Bonchev–Trinajstić information content (AvgIpc) is 3.15. The number of amides is 2. The number of carbonyl (C=O) groups excluding carboxylic acids is 2. The minimum atomic E-state index is -0.414. The number of hydrogen-bond acceptors (Lipinski definition) is 4. The molecule has 0 unspecified atom stereocenters. The van der Waals surface area contributed by atoms with Crippen LogP contribution in [0.2, 0.25) is 0 Å². The summed E-state index contributed by atoms with van der Waals surface area (Å²) in [6, 6.07) is 9.97. The fourth-order valence-electron chi connectivity index (χ4n) is 4.66. The second kappa shape index (κ2) is 7.89. The molecule has 3 saturated heterocycles. The van der Waals surface area contributed by atoms with Gasteiger partial charge in [0.1, 0.15) is 6.61 Å². The molecule has 6 heteroatoms. The van der Waals surface area contributed by atoms with Crippen LogP contribution in [0, 0.1) is 5.41 Å². The maximum Gasteiger partial charge on any atom is 0.410 e. The van der Waals surface area contributed by atoms with E-state index in [0.717, 1.165) is 57.4 Å². The highest BCUT2D eigenvalue weighted by atomic mass is 16.6. The normalized spacial score (nSPS) is 26.6. The van der Waals surface area contributed by atoms with Gasteiger partial charge in [0.15, 0.2) is 0 Å². The zero-order valence-electron chi connectivity index (χ0n) is 15.8. The van der Waals surface area contributed by atoms with Crippen molar-refractivity contribution in [1.29, 1.82) is 0 Å². The first-order chi connectivity index (χ1) is 13.2. The standard InChI is InChI=1S/C21H28N2O4/c24-19-21(9-4-11-23(19)18-7-13-26-14-8-18)10-12-22(16-21)20(25)27-15-17-5-2-1-3-6-17/h1-3,5-6,18H,4,7-16H2/t21-/m1/s1. The van der Waals surface area contributed by atoms with E-state index in [4.69, 9.17) is 9.47 Å². The van der Waals surface area contributed by atoms with Crippen LogP contribution in [0.4, 0.5) is 4.79 Å². The van der Waals surface area contributed by atoms with Gasteiger partial charge in [-0.1, -0.05) is 30.3 Å². The van der Waals surface area contributed by atoms with E-state index < -0.39 is 5.41 Å². The van der Waals surface area contributed by atoms with Crippen LogP contribution in [0.3, 0.4) is 0 Å². The highest BCUT2D eigenvalue weighted by molar-refractivity contribution is 5.85. The fraction of sp³-hybridized carbons (Fsp3) is 0.619. The van der Waals surface area contributed by atoms with Gasteiger partial charge in [0, 0.05) is 38.9 Å². The van der Waals surface area contributed by atoms with Gasteiger partial charge in [0.05, 0.1) is 5.41 Å². The summed E-state index contributed by atoms with van der Waals surface area (Å²) in [4.78, 5) is 29.6. The molecule has 1 spiro atoms. The predicted octanol–water partition coefficient (Wildman–Crippen LogP) is 2.82. The molecule has 3 fully saturated rings. The molecular weight excluding hydrogens is 344 g/mol. The maximum atomic E-state index is 13.3. The van der Waals surface area contributed by atoms with Crippen molar-refractivity contribution in [3.63, 3.8) is 0 Å². The van der Waals surface area contributed by atoms with Crippen LogP contribution in [-0.2, 0) is 20.9 Å². The predicted molar refractivity (Wildman–Crippen MR) is 100 cm³/mol. The van der Waals surface area contributed by atoms with E-state index >= 15 is 0 Å². The van der Waals surface area contributed by atoms with Gasteiger partial charge in [-0.2, -0.15) is 0 Å². The van der Waals surface area contributed by atoms with Crippen LogP contribution in [0.25, 0.3) is 0 Å². The van der Waals surface area contributed by atoms with Gasteiger partial charge < -0.3 is 19.3 Å². The largest absolute Gasteiger partial charge is 0.445 e. The van der Waals surface area contributed by atoms with E-state index in [-0.39, 0.29) is 18.6 Å². The molecule has 3 aliphatic rings. The molecule has 146 valence electrons. The van der Waals surface area contributed by atoms with Crippen LogP contribution in [-0.4, -0.2) is 60.7 Å². The molecule has 3 aliphatic heterocycles. The highest BCUT2D eigenvalue weighted by Crippen LogP contribution is 2.41. The minimum absolute atomic E-state index is 0.235. The number of ether oxygens (including phenoxy) is 2. The fourth-order valence-corrected chi connectivity index (χ4v) is 4.66. The van der Waals surface area contributed by atoms with E-state index in [1.807, 2.05) is 30.3 Å². The number of carbonyl (C=O) groups is 2. The summed E-state index contributed by atoms with van der Waals surface area (Å²) < 4.78 is 10.9. The Bertz CT molecular complexity index is 674. The van der Waals surface area contributed by atoms with Crippen molar-refractivity contribution in [3.8, 4) is 0 Å². The summed E-state index contributed by atoms with van der Waals surface area (Å²) in [6.07, 6.45) is 4.15. The van der Waals surface area contributed by atoms with Crippen molar-refractivity contribution in [2.75, 3.05) is 32.8 Å². The quantitative estimate of drug-likeness (QED) is 0.819. The molecule has 0 aromatic heterocycles. The monoisotopic (exact) mass is 372 g/mol. The topological polar surface area (TPSA) is 59.1 Å². The first-order valence-electron chi connectivity index (χ1n) is 10.0. The molecule has 1 atom stereocenters. The van der Waals surface area contributed by atoms with Crippen molar-refractivity contribution >= 4 is 12.0 Å². The van der Waals surface area contributed by atoms with Crippen molar-refractivity contribution in [1.82, 2.24) is 9.80 Å². The van der Waals surface area contributed by atoms with Crippen LogP contribution < -0.4 is 0 Å². The van der Waals surface area contributed by atoms with Crippen LogP contribution in [0.1, 0.15) is 37.7 Å². The third-order valence-electron chi connectivity index (χ3n) is 6.22. The molecule has 27 heavy (non-hydrogen) atoms. The third kappa shape index (κ3) is 3.81. The summed E-state index contributed by atoms with van der Waals surface area (Å²) >= 11 is 0. The molecule has 6 nitrogen and oxygen atoms in total. The summed E-state index contributed by atoms with van der Waals surface area (Å²) in [5, 5.41) is 0. The Hall–Kier alpha value is -2.08. The van der Waals surface area contributed by atoms with E-state index in [2.05, 4.69) is 4.90 Å².